The molecule has 106 valence electrons. The fourth-order valence-corrected chi connectivity index (χ4v) is 2.71. The van der Waals surface area contributed by atoms with Crippen LogP contribution in [-0.4, -0.2) is 14.5 Å². The first-order valence-electron chi connectivity index (χ1n) is 6.97. The zero-order valence-electron chi connectivity index (χ0n) is 11.6. The minimum Gasteiger partial charge on any atom is -0.314 e. The number of rotatable bonds is 2. The maximum Gasteiger partial charge on any atom is 0.223 e. The molecule has 0 aliphatic rings. The number of fused-ring (bicyclic) bond motifs is 1. The molecular weight excluding hydrogens is 294 g/mol. The predicted molar refractivity (Wildman–Crippen MR) is 89.3 cm³/mol. The Bertz CT molecular complexity index is 928. The van der Waals surface area contributed by atoms with Gasteiger partial charge in [-0.05, 0) is 40.9 Å². The number of halogens is 1. The molecule has 4 aromatic rings. The van der Waals surface area contributed by atoms with Crippen LogP contribution in [0.15, 0.2) is 73.1 Å². The molecule has 4 rings (SSSR count). The van der Waals surface area contributed by atoms with Gasteiger partial charge in [0.2, 0.25) is 5.28 Å². The lowest BCUT2D eigenvalue weighted by molar-refractivity contribution is 1.11. The van der Waals surface area contributed by atoms with Crippen molar-refractivity contribution >= 4 is 22.6 Å². The van der Waals surface area contributed by atoms with Crippen LogP contribution < -0.4 is 0 Å². The third-order valence-electron chi connectivity index (χ3n) is 3.66. The molecule has 2 aromatic heterocycles. The van der Waals surface area contributed by atoms with E-state index in [1.54, 1.807) is 6.20 Å². The summed E-state index contributed by atoms with van der Waals surface area (Å²) in [5, 5.41) is 0.268. The van der Waals surface area contributed by atoms with Gasteiger partial charge in [-0.25, -0.2) is 9.97 Å². The fourth-order valence-electron chi connectivity index (χ4n) is 2.57. The highest BCUT2D eigenvalue weighted by atomic mass is 35.5. The van der Waals surface area contributed by atoms with E-state index in [2.05, 4.69) is 50.9 Å². The molecule has 4 heteroatoms. The quantitative estimate of drug-likeness (QED) is 0.501. The van der Waals surface area contributed by atoms with E-state index in [9.17, 15) is 0 Å². The summed E-state index contributed by atoms with van der Waals surface area (Å²) in [5.74, 6) is 0. The lowest BCUT2D eigenvalue weighted by atomic mass is 10.1. The Morgan fingerprint density at radius 2 is 1.55 bits per heavy atom. The third-order valence-corrected chi connectivity index (χ3v) is 3.84. The molecule has 22 heavy (non-hydrogen) atoms. The van der Waals surface area contributed by atoms with Crippen molar-refractivity contribution in [3.63, 3.8) is 0 Å². The van der Waals surface area contributed by atoms with Crippen molar-refractivity contribution in [1.82, 2.24) is 14.5 Å². The van der Waals surface area contributed by atoms with Crippen molar-refractivity contribution in [2.45, 2.75) is 0 Å². The number of nitrogens with zero attached hydrogens (tertiary/aromatic N) is 3. The summed E-state index contributed by atoms with van der Waals surface area (Å²) >= 11 is 5.83. The van der Waals surface area contributed by atoms with E-state index in [4.69, 9.17) is 11.6 Å². The van der Waals surface area contributed by atoms with E-state index in [0.29, 0.717) is 0 Å². The van der Waals surface area contributed by atoms with Gasteiger partial charge >= 0.3 is 0 Å². The molecule has 0 fully saturated rings. The van der Waals surface area contributed by atoms with E-state index in [0.717, 1.165) is 16.7 Å². The second-order valence-electron chi connectivity index (χ2n) is 5.01. The summed E-state index contributed by atoms with van der Waals surface area (Å²) in [5.41, 5.74) is 5.26. The molecular formula is C18H12ClN3. The molecule has 0 aliphatic carbocycles. The van der Waals surface area contributed by atoms with Crippen LogP contribution >= 0.6 is 11.6 Å². The van der Waals surface area contributed by atoms with Crippen LogP contribution in [0, 0.1) is 0 Å². The lowest BCUT2D eigenvalue weighted by Crippen LogP contribution is -1.93. The monoisotopic (exact) mass is 305 g/mol. The second kappa shape index (κ2) is 5.28. The first-order chi connectivity index (χ1) is 10.8. The summed E-state index contributed by atoms with van der Waals surface area (Å²) in [6.45, 7) is 0. The molecule has 0 N–H and O–H groups in total. The summed E-state index contributed by atoms with van der Waals surface area (Å²) in [6, 6.07) is 20.7. The van der Waals surface area contributed by atoms with E-state index in [1.807, 2.05) is 30.5 Å². The van der Waals surface area contributed by atoms with Gasteiger partial charge in [0, 0.05) is 11.9 Å². The summed E-state index contributed by atoms with van der Waals surface area (Å²) in [4.78, 5) is 8.28. The topological polar surface area (TPSA) is 30.7 Å². The van der Waals surface area contributed by atoms with Crippen LogP contribution in [0.2, 0.25) is 5.28 Å². The molecule has 0 amide bonds. The Hall–Kier alpha value is -2.65. The maximum atomic E-state index is 5.83. The Morgan fingerprint density at radius 1 is 0.818 bits per heavy atom. The van der Waals surface area contributed by atoms with Gasteiger partial charge in [-0.1, -0.05) is 42.5 Å². The number of hydrogen-bond donors (Lipinski definition) is 0. The minimum atomic E-state index is 0.268. The number of aromatic nitrogens is 3. The first kappa shape index (κ1) is 13.0. The van der Waals surface area contributed by atoms with Crippen molar-refractivity contribution in [3.8, 4) is 16.8 Å². The van der Waals surface area contributed by atoms with Gasteiger partial charge in [0.25, 0.3) is 0 Å². The largest absolute Gasteiger partial charge is 0.314 e. The van der Waals surface area contributed by atoms with Crippen LogP contribution in [0.25, 0.3) is 27.8 Å². The average molecular weight is 306 g/mol. The van der Waals surface area contributed by atoms with Crippen molar-refractivity contribution in [2.24, 2.45) is 0 Å². The van der Waals surface area contributed by atoms with E-state index >= 15 is 0 Å². The van der Waals surface area contributed by atoms with Gasteiger partial charge in [0.15, 0.2) is 0 Å². The highest BCUT2D eigenvalue weighted by Crippen LogP contribution is 2.23. The molecule has 2 heterocycles. The maximum absolute atomic E-state index is 5.83. The van der Waals surface area contributed by atoms with Gasteiger partial charge in [-0.2, -0.15) is 0 Å². The van der Waals surface area contributed by atoms with Crippen molar-refractivity contribution in [1.29, 1.82) is 0 Å². The number of benzene rings is 2. The smallest absolute Gasteiger partial charge is 0.223 e. The van der Waals surface area contributed by atoms with Crippen molar-refractivity contribution < 1.29 is 0 Å². The van der Waals surface area contributed by atoms with Crippen molar-refractivity contribution in [2.75, 3.05) is 0 Å². The molecule has 0 atom stereocenters. The predicted octanol–water partition coefficient (Wildman–Crippen LogP) is 4.74. The third kappa shape index (κ3) is 2.26. The van der Waals surface area contributed by atoms with Gasteiger partial charge in [0.1, 0.15) is 0 Å². The van der Waals surface area contributed by atoms with Crippen LogP contribution in [0.1, 0.15) is 0 Å². The summed E-state index contributed by atoms with van der Waals surface area (Å²) in [6.07, 6.45) is 3.73. The normalized spacial score (nSPS) is 11.0. The Balaban J connectivity index is 1.76. The molecule has 0 bridgehead atoms. The molecule has 0 radical (unpaired) electrons. The SMILES string of the molecule is Clc1ncc2c(ccn2-c2ccc(-c3ccccc3)cc2)n1. The molecule has 0 spiro atoms. The zero-order chi connectivity index (χ0) is 14.9. The lowest BCUT2D eigenvalue weighted by Gasteiger charge is -2.07. The Morgan fingerprint density at radius 3 is 2.32 bits per heavy atom. The van der Waals surface area contributed by atoms with E-state index in [1.165, 1.54) is 11.1 Å². The van der Waals surface area contributed by atoms with Gasteiger partial charge in [0.05, 0.1) is 17.2 Å². The minimum absolute atomic E-state index is 0.268. The van der Waals surface area contributed by atoms with Crippen LogP contribution in [0.3, 0.4) is 0 Å². The Kier molecular flexibility index (Phi) is 3.13. The molecule has 0 saturated heterocycles. The summed E-state index contributed by atoms with van der Waals surface area (Å²) in [7, 11) is 0. The fraction of sp³-hybridized carbons (Fsp3) is 0. The Labute approximate surface area is 132 Å². The van der Waals surface area contributed by atoms with Crippen LogP contribution in [0.4, 0.5) is 0 Å². The molecule has 0 aliphatic heterocycles. The molecule has 0 unspecified atom stereocenters. The highest BCUT2D eigenvalue weighted by Gasteiger charge is 2.06. The second-order valence-corrected chi connectivity index (χ2v) is 5.35. The molecule has 3 nitrogen and oxygen atoms in total. The van der Waals surface area contributed by atoms with Gasteiger partial charge in [-0.15, -0.1) is 0 Å². The molecule has 2 aromatic carbocycles. The van der Waals surface area contributed by atoms with E-state index in [-0.39, 0.29) is 5.28 Å². The van der Waals surface area contributed by atoms with E-state index < -0.39 is 0 Å². The zero-order valence-corrected chi connectivity index (χ0v) is 12.4. The number of hydrogen-bond acceptors (Lipinski definition) is 2. The van der Waals surface area contributed by atoms with Crippen LogP contribution in [0.5, 0.6) is 0 Å². The molecule has 0 saturated carbocycles. The average Bonchev–Trinajstić information content (AvgIpc) is 2.99. The van der Waals surface area contributed by atoms with Gasteiger partial charge in [-0.3, -0.25) is 0 Å². The van der Waals surface area contributed by atoms with Gasteiger partial charge < -0.3 is 4.57 Å². The summed E-state index contributed by atoms with van der Waals surface area (Å²) < 4.78 is 2.06. The van der Waals surface area contributed by atoms with Crippen LogP contribution in [-0.2, 0) is 0 Å². The standard InChI is InChI=1S/C18H12ClN3/c19-18-20-12-17-16(21-18)10-11-22(17)15-8-6-14(7-9-15)13-4-2-1-3-5-13/h1-12H. The first-order valence-corrected chi connectivity index (χ1v) is 7.34. The highest BCUT2D eigenvalue weighted by molar-refractivity contribution is 6.28. The van der Waals surface area contributed by atoms with Crippen molar-refractivity contribution in [3.05, 3.63) is 78.3 Å².